The third-order valence-corrected chi connectivity index (χ3v) is 15.2. The number of aryl methyl sites for hydroxylation is 2. The fourth-order valence-electron chi connectivity index (χ4n) is 11.1. The van der Waals surface area contributed by atoms with Crippen molar-refractivity contribution in [2.45, 2.75) is 13.8 Å². The Kier molecular flexibility index (Phi) is 12.0. The Morgan fingerprint density at radius 1 is 0.500 bits per heavy atom. The normalized spacial score (nSPS) is 12.0. The molecule has 1 aliphatic carbocycles. The number of benzene rings is 10. The second-order valence-corrected chi connectivity index (χ2v) is 19.9. The minimum atomic E-state index is -0.569. The molecule has 2 amide bonds. The summed E-state index contributed by atoms with van der Waals surface area (Å²) in [7, 11) is 3.13. The number of anilines is 2. The molecule has 1 aliphatic rings. The van der Waals surface area contributed by atoms with Gasteiger partial charge in [0.2, 0.25) is 0 Å². The van der Waals surface area contributed by atoms with Crippen LogP contribution in [-0.2, 0) is 0 Å². The Hall–Kier alpha value is -11.6. The van der Waals surface area contributed by atoms with Gasteiger partial charge in [-0.05, 0) is 143 Å². The zero-order valence-corrected chi connectivity index (χ0v) is 44.2. The molecule has 82 heavy (non-hydrogen) atoms. The molecule has 0 fully saturated rings. The molecule has 13 rings (SSSR count). The van der Waals surface area contributed by atoms with Crippen molar-refractivity contribution in [2.24, 2.45) is 20.5 Å². The first-order valence-electron chi connectivity index (χ1n) is 25.9. The fourth-order valence-corrected chi connectivity index (χ4v) is 11.1. The number of phenols is 2. The Morgan fingerprint density at radius 2 is 0.939 bits per heavy atom. The third kappa shape index (κ3) is 8.22. The van der Waals surface area contributed by atoms with Crippen LogP contribution < -0.4 is 20.1 Å². The Balaban J connectivity index is 0.926. The molecule has 0 saturated heterocycles. The summed E-state index contributed by atoms with van der Waals surface area (Å²) in [5.41, 5.74) is 9.03. The van der Waals surface area contributed by atoms with E-state index in [0.717, 1.165) is 43.7 Å². The summed E-state index contributed by atoms with van der Waals surface area (Å²) in [6.07, 6.45) is 0. The van der Waals surface area contributed by atoms with Crippen LogP contribution in [0.1, 0.15) is 43.0 Å². The van der Waals surface area contributed by atoms with E-state index in [1.807, 2.05) is 86.6 Å². The predicted octanol–water partition coefficient (Wildman–Crippen LogP) is 16.5. The predicted molar refractivity (Wildman–Crippen MR) is 319 cm³/mol. The lowest BCUT2D eigenvalue weighted by atomic mass is 9.99. The lowest BCUT2D eigenvalue weighted by Gasteiger charge is -2.13. The van der Waals surface area contributed by atoms with E-state index in [0.29, 0.717) is 94.7 Å². The lowest BCUT2D eigenvalue weighted by molar-refractivity contribution is 0.101. The van der Waals surface area contributed by atoms with Gasteiger partial charge in [-0.3, -0.25) is 9.59 Å². The van der Waals surface area contributed by atoms with E-state index < -0.39 is 23.3 Å². The molecule has 6 N–H and O–H groups in total. The Morgan fingerprint density at radius 3 is 1.35 bits per heavy atom. The van der Waals surface area contributed by atoms with E-state index in [-0.39, 0.29) is 28.1 Å². The van der Waals surface area contributed by atoms with E-state index in [9.17, 15) is 30.3 Å². The molecule has 0 bridgehead atoms. The first-order valence-corrected chi connectivity index (χ1v) is 25.9. The third-order valence-electron chi connectivity index (χ3n) is 15.2. The van der Waals surface area contributed by atoms with E-state index in [4.69, 9.17) is 29.9 Å². The Bertz CT molecular complexity index is 4670. The maximum atomic E-state index is 14.2. The highest BCUT2D eigenvalue weighted by Crippen LogP contribution is 2.50. The number of nitrogens with zero attached hydrogens (tertiary/aromatic N) is 6. The monoisotopic (exact) mass is 1070 g/mol. The average Bonchev–Trinajstić information content (AvgIpc) is 3.94. The van der Waals surface area contributed by atoms with Crippen LogP contribution in [0.5, 0.6) is 23.0 Å². The van der Waals surface area contributed by atoms with Gasteiger partial charge in [-0.15, -0.1) is 10.2 Å². The molecule has 0 saturated carbocycles. The van der Waals surface area contributed by atoms with Gasteiger partial charge in [-0.2, -0.15) is 20.8 Å². The maximum Gasteiger partial charge on any atom is 0.259 e. The van der Waals surface area contributed by atoms with Crippen LogP contribution in [0.25, 0.3) is 81.9 Å². The van der Waals surface area contributed by atoms with Gasteiger partial charge < -0.3 is 40.3 Å². The molecule has 10 aromatic carbocycles. The van der Waals surface area contributed by atoms with E-state index in [1.54, 1.807) is 99.1 Å². The number of hydrogen-bond acceptors (Lipinski definition) is 12. The van der Waals surface area contributed by atoms with Crippen molar-refractivity contribution in [3.63, 3.8) is 0 Å². The van der Waals surface area contributed by atoms with Crippen LogP contribution in [0.4, 0.5) is 34.1 Å². The number of ether oxygens (including phenoxy) is 2. The largest absolute Gasteiger partial charge is 0.505 e. The first-order chi connectivity index (χ1) is 39.9. The smallest absolute Gasteiger partial charge is 0.259 e. The second kappa shape index (κ2) is 19.7. The number of allylic oxidation sites excluding steroid dienone is 1. The number of aromatic nitrogens is 2. The van der Waals surface area contributed by atoms with Crippen molar-refractivity contribution >= 4 is 117 Å². The van der Waals surface area contributed by atoms with Crippen LogP contribution in [0.2, 0.25) is 0 Å². The summed E-state index contributed by atoms with van der Waals surface area (Å²) >= 11 is 0. The molecular formula is C66H44N10O6. The number of nitrogens with one attached hydrogen (secondary N) is 4. The number of rotatable bonds is 10. The maximum absolute atomic E-state index is 14.2. The summed E-state index contributed by atoms with van der Waals surface area (Å²) in [6, 6.07) is 51.7. The number of aromatic amines is 2. The van der Waals surface area contributed by atoms with Gasteiger partial charge in [0.1, 0.15) is 40.6 Å². The van der Waals surface area contributed by atoms with Crippen LogP contribution in [0.3, 0.4) is 0 Å². The molecular weight excluding hydrogens is 1030 g/mol. The second-order valence-electron chi connectivity index (χ2n) is 19.9. The number of methoxy groups -OCH3 is 2. The van der Waals surface area contributed by atoms with Gasteiger partial charge in [0.05, 0.1) is 47.8 Å². The molecule has 2 aromatic heterocycles. The molecule has 0 unspecified atom stereocenters. The number of carbonyl (C=O) groups is 2. The van der Waals surface area contributed by atoms with Crippen molar-refractivity contribution in [2.75, 3.05) is 24.9 Å². The van der Waals surface area contributed by atoms with Crippen molar-refractivity contribution in [1.29, 1.82) is 10.5 Å². The van der Waals surface area contributed by atoms with Crippen molar-refractivity contribution in [3.8, 4) is 46.3 Å². The number of nitriles is 2. The van der Waals surface area contributed by atoms with Gasteiger partial charge >= 0.3 is 0 Å². The molecule has 16 heteroatoms. The quantitative estimate of drug-likeness (QED) is 0.0567. The van der Waals surface area contributed by atoms with Gasteiger partial charge in [-0.25, -0.2) is 0 Å². The number of hydrogen-bond donors (Lipinski definition) is 6. The van der Waals surface area contributed by atoms with E-state index in [1.165, 1.54) is 0 Å². The topological polar surface area (TPSA) is 246 Å². The fraction of sp³-hybridized carbons (Fsp3) is 0.0606. The van der Waals surface area contributed by atoms with Crippen LogP contribution in [0, 0.1) is 36.5 Å². The van der Waals surface area contributed by atoms with Crippen molar-refractivity contribution < 1.29 is 29.3 Å². The van der Waals surface area contributed by atoms with Crippen molar-refractivity contribution in [1.82, 2.24) is 9.97 Å². The number of aromatic hydroxyl groups is 2. The molecule has 0 radical (unpaired) electrons. The molecule has 0 aliphatic heterocycles. The SMILES string of the molecule is COc1ccc(NC(=O)c2cc3ccc4c5ccccc5[nH]c4c3c(N=Nc3ccc4c(c3)-c3cc(N=Nc5c(O)c(C(=O)Nc6ccc(OC)cc6C)cc6ccc7c8ccccc8[nH]c7c56)ccc3C4=C(C#N)C#N)c2O)c(C)c1. The number of amides is 2. The van der Waals surface area contributed by atoms with Crippen LogP contribution in [-0.4, -0.2) is 46.2 Å². The molecule has 16 nitrogen and oxygen atoms in total. The molecule has 2 heterocycles. The first kappa shape index (κ1) is 49.9. The van der Waals surface area contributed by atoms with Gasteiger partial charge in [0.15, 0.2) is 11.5 Å². The average molecular weight is 1070 g/mol. The number of azo groups is 2. The van der Waals surface area contributed by atoms with Crippen LogP contribution in [0.15, 0.2) is 184 Å². The standard InChI is InChI=1S/C66H44N10O6/c1-33-25-40(81-3)17-23-52(33)71-65(79)50-27-35-13-19-46-42-9-5-7-11-54(42)69-59(46)57(35)61(63(50)77)75-73-38-15-21-44-48(29-38)49-30-39(16-22-45(49)56(44)37(31-67)32-68)74-76-62-58-36(14-20-47-43-10-6-8-12-55(43)70-60(47)58)28-51(64(62)78)66(80)72-53-24-18-41(82-4)26-34(53)2/h5-30,69-70,77-78H,1-4H3,(H,71,79)(H,72,80). The summed E-state index contributed by atoms with van der Waals surface area (Å²) in [6.45, 7) is 3.68. The molecule has 12 aromatic rings. The summed E-state index contributed by atoms with van der Waals surface area (Å²) in [4.78, 5) is 35.3. The number of H-pyrrole nitrogens is 2. The number of phenolic OH excluding ortho intramolecular Hbond substituents is 2. The lowest BCUT2D eigenvalue weighted by Crippen LogP contribution is -2.13. The zero-order valence-electron chi connectivity index (χ0n) is 44.2. The number of carbonyl (C=O) groups excluding carboxylic acids is 2. The van der Waals surface area contributed by atoms with E-state index >= 15 is 0 Å². The number of fused-ring (bicyclic) bond motifs is 13. The highest BCUT2D eigenvalue weighted by Gasteiger charge is 2.29. The van der Waals surface area contributed by atoms with Gasteiger partial charge in [0.25, 0.3) is 11.8 Å². The highest BCUT2D eigenvalue weighted by atomic mass is 16.5. The summed E-state index contributed by atoms with van der Waals surface area (Å²) in [5, 5.41) is 75.7. The summed E-state index contributed by atoms with van der Waals surface area (Å²) < 4.78 is 10.7. The minimum absolute atomic E-state index is 0.0299. The van der Waals surface area contributed by atoms with Gasteiger partial charge in [-0.1, -0.05) is 72.8 Å². The number of para-hydroxylation sites is 2. The Labute approximate surface area is 466 Å². The van der Waals surface area contributed by atoms with Gasteiger partial charge in [0, 0.05) is 60.3 Å². The molecule has 0 atom stereocenters. The van der Waals surface area contributed by atoms with Crippen molar-refractivity contribution in [3.05, 3.63) is 197 Å². The van der Waals surface area contributed by atoms with E-state index in [2.05, 4.69) is 32.7 Å². The minimum Gasteiger partial charge on any atom is -0.505 e. The highest BCUT2D eigenvalue weighted by molar-refractivity contribution is 6.24. The zero-order chi connectivity index (χ0) is 56.5. The summed E-state index contributed by atoms with van der Waals surface area (Å²) in [5.74, 6) is -0.673. The molecule has 0 spiro atoms. The van der Waals surface area contributed by atoms with Crippen LogP contribution >= 0.6 is 0 Å². The molecule has 394 valence electrons.